The fourth-order valence-corrected chi connectivity index (χ4v) is 2.21. The molecule has 0 spiro atoms. The van der Waals surface area contributed by atoms with E-state index in [0.29, 0.717) is 23.8 Å². The average molecular weight is 291 g/mol. The topological polar surface area (TPSA) is 81.7 Å². The second-order valence-electron chi connectivity index (χ2n) is 5.38. The Morgan fingerprint density at radius 1 is 1.38 bits per heavy atom. The van der Waals surface area contributed by atoms with Crippen molar-refractivity contribution in [3.05, 3.63) is 29.3 Å². The highest BCUT2D eigenvalue weighted by atomic mass is 16.4. The van der Waals surface area contributed by atoms with E-state index >= 15 is 0 Å². The molecule has 0 radical (unpaired) electrons. The zero-order chi connectivity index (χ0) is 15.4. The van der Waals surface area contributed by atoms with E-state index < -0.39 is 5.97 Å². The van der Waals surface area contributed by atoms with Gasteiger partial charge in [0.15, 0.2) is 0 Å². The van der Waals surface area contributed by atoms with Crippen molar-refractivity contribution in [1.29, 1.82) is 0 Å². The number of nitrogens with one attached hydrogen (secondary N) is 2. The summed E-state index contributed by atoms with van der Waals surface area (Å²) >= 11 is 0. The molecule has 1 fully saturated rings. The van der Waals surface area contributed by atoms with Crippen LogP contribution in [0.5, 0.6) is 0 Å². The normalized spacial score (nSPS) is 14.0. The third-order valence-corrected chi connectivity index (χ3v) is 3.73. The van der Waals surface area contributed by atoms with Crippen molar-refractivity contribution in [3.8, 4) is 0 Å². The van der Waals surface area contributed by atoms with Crippen molar-refractivity contribution in [2.75, 3.05) is 25.5 Å². The number of carboxylic acid groups (broad SMARTS) is 1. The number of hydrogen-bond acceptors (Lipinski definition) is 3. The van der Waals surface area contributed by atoms with Gasteiger partial charge in [0, 0.05) is 24.8 Å². The monoisotopic (exact) mass is 291 g/mol. The lowest BCUT2D eigenvalue weighted by Gasteiger charge is -2.16. The first-order valence-corrected chi connectivity index (χ1v) is 7.07. The number of carboxylic acids is 1. The number of urea groups is 1. The summed E-state index contributed by atoms with van der Waals surface area (Å²) in [4.78, 5) is 25.1. The lowest BCUT2D eigenvalue weighted by atomic mass is 10.1. The van der Waals surface area contributed by atoms with Crippen molar-refractivity contribution in [2.24, 2.45) is 0 Å². The summed E-state index contributed by atoms with van der Waals surface area (Å²) in [5.74, 6) is -0.998. The van der Waals surface area contributed by atoms with Gasteiger partial charge in [-0.3, -0.25) is 0 Å². The number of nitrogens with zero attached hydrogens (tertiary/aromatic N) is 1. The molecule has 0 atom stereocenters. The van der Waals surface area contributed by atoms with E-state index in [9.17, 15) is 9.59 Å². The third kappa shape index (κ3) is 4.19. The van der Waals surface area contributed by atoms with Crippen LogP contribution in [0.2, 0.25) is 0 Å². The molecule has 114 valence electrons. The van der Waals surface area contributed by atoms with Crippen LogP contribution in [0.15, 0.2) is 18.2 Å². The van der Waals surface area contributed by atoms with Crippen molar-refractivity contribution in [1.82, 2.24) is 10.2 Å². The van der Waals surface area contributed by atoms with E-state index in [1.54, 1.807) is 19.1 Å². The Bertz CT molecular complexity index is 541. The predicted octanol–water partition coefficient (Wildman–Crippen LogP) is 1.91. The molecule has 21 heavy (non-hydrogen) atoms. The van der Waals surface area contributed by atoms with Gasteiger partial charge in [0.25, 0.3) is 0 Å². The van der Waals surface area contributed by atoms with Crippen molar-refractivity contribution < 1.29 is 14.7 Å². The molecule has 2 rings (SSSR count). The largest absolute Gasteiger partial charge is 0.478 e. The van der Waals surface area contributed by atoms with E-state index in [1.807, 2.05) is 0 Å². The summed E-state index contributed by atoms with van der Waals surface area (Å²) in [6, 6.07) is 5.19. The summed E-state index contributed by atoms with van der Waals surface area (Å²) in [6.45, 7) is 3.06. The smallest absolute Gasteiger partial charge is 0.336 e. The number of carbonyl (C=O) groups is 2. The average Bonchev–Trinajstić information content (AvgIpc) is 3.25. The zero-order valence-electron chi connectivity index (χ0n) is 12.3. The van der Waals surface area contributed by atoms with Gasteiger partial charge in [-0.1, -0.05) is 6.07 Å². The highest BCUT2D eigenvalue weighted by Crippen LogP contribution is 2.24. The lowest BCUT2D eigenvalue weighted by molar-refractivity contribution is 0.0696. The van der Waals surface area contributed by atoms with Crippen molar-refractivity contribution in [3.63, 3.8) is 0 Å². The molecular weight excluding hydrogens is 270 g/mol. The maximum atomic E-state index is 11.8. The number of benzene rings is 1. The Morgan fingerprint density at radius 2 is 2.10 bits per heavy atom. The van der Waals surface area contributed by atoms with Crippen LogP contribution in [0.4, 0.5) is 10.5 Å². The standard InChI is InChI=1S/C15H21N3O3/c1-10-12(14(19)20)4-3-5-13(10)17-15(21)16-8-9-18(2)11-6-7-11/h3-5,11H,6-9H2,1-2H3,(H,19,20)(H2,16,17,21). The van der Waals surface area contributed by atoms with E-state index in [-0.39, 0.29) is 11.6 Å². The number of carbonyl (C=O) groups excluding carboxylic acids is 1. The zero-order valence-corrected chi connectivity index (χ0v) is 12.3. The van der Waals surface area contributed by atoms with Crippen LogP contribution in [0.1, 0.15) is 28.8 Å². The molecule has 1 aromatic carbocycles. The molecule has 0 unspecified atom stereocenters. The summed E-state index contributed by atoms with van der Waals surface area (Å²) in [5, 5.41) is 14.5. The van der Waals surface area contributed by atoms with Gasteiger partial charge in [-0.25, -0.2) is 9.59 Å². The summed E-state index contributed by atoms with van der Waals surface area (Å²) < 4.78 is 0. The van der Waals surface area contributed by atoms with Crippen LogP contribution in [-0.2, 0) is 0 Å². The first-order valence-electron chi connectivity index (χ1n) is 7.07. The quantitative estimate of drug-likeness (QED) is 0.748. The number of rotatable bonds is 6. The first-order chi connectivity index (χ1) is 9.99. The van der Waals surface area contributed by atoms with Gasteiger partial charge in [-0.2, -0.15) is 0 Å². The third-order valence-electron chi connectivity index (χ3n) is 3.73. The SMILES string of the molecule is Cc1c(NC(=O)NCCN(C)C2CC2)cccc1C(=O)O. The number of likely N-dealkylation sites (N-methyl/N-ethyl adjacent to an activating group) is 1. The minimum atomic E-state index is -0.998. The van der Waals surface area contributed by atoms with Gasteiger partial charge in [-0.05, 0) is 44.5 Å². The molecule has 0 bridgehead atoms. The number of anilines is 1. The van der Waals surface area contributed by atoms with Crippen LogP contribution in [0.25, 0.3) is 0 Å². The Morgan fingerprint density at radius 3 is 2.71 bits per heavy atom. The Hall–Kier alpha value is -2.08. The maximum Gasteiger partial charge on any atom is 0.336 e. The molecule has 3 N–H and O–H groups in total. The molecular formula is C15H21N3O3. The minimum Gasteiger partial charge on any atom is -0.478 e. The highest BCUT2D eigenvalue weighted by Gasteiger charge is 2.25. The van der Waals surface area contributed by atoms with Gasteiger partial charge >= 0.3 is 12.0 Å². The Labute approximate surface area is 124 Å². The molecule has 0 aliphatic heterocycles. The van der Waals surface area contributed by atoms with Gasteiger partial charge in [0.2, 0.25) is 0 Å². The second-order valence-corrected chi connectivity index (χ2v) is 5.38. The van der Waals surface area contributed by atoms with Gasteiger partial charge in [0.1, 0.15) is 0 Å². The van der Waals surface area contributed by atoms with E-state index in [2.05, 4.69) is 22.6 Å². The number of hydrogen-bond donors (Lipinski definition) is 3. The molecule has 1 aliphatic rings. The van der Waals surface area contributed by atoms with Crippen LogP contribution < -0.4 is 10.6 Å². The fourth-order valence-electron chi connectivity index (χ4n) is 2.21. The van der Waals surface area contributed by atoms with Crippen LogP contribution in [0.3, 0.4) is 0 Å². The number of aromatic carboxylic acids is 1. The lowest BCUT2D eigenvalue weighted by Crippen LogP contribution is -2.36. The first kappa shape index (κ1) is 15.3. The Balaban J connectivity index is 1.84. The van der Waals surface area contributed by atoms with Crippen LogP contribution >= 0.6 is 0 Å². The van der Waals surface area contributed by atoms with Crippen LogP contribution in [0, 0.1) is 6.92 Å². The van der Waals surface area contributed by atoms with Gasteiger partial charge < -0.3 is 20.6 Å². The molecule has 2 amide bonds. The van der Waals surface area contributed by atoms with Crippen molar-refractivity contribution in [2.45, 2.75) is 25.8 Å². The van der Waals surface area contributed by atoms with E-state index in [4.69, 9.17) is 5.11 Å². The predicted molar refractivity (Wildman–Crippen MR) is 80.8 cm³/mol. The molecule has 0 saturated heterocycles. The second kappa shape index (κ2) is 6.58. The molecule has 0 aromatic heterocycles. The van der Waals surface area contributed by atoms with Crippen LogP contribution in [-0.4, -0.2) is 48.2 Å². The van der Waals surface area contributed by atoms with Gasteiger partial charge in [-0.15, -0.1) is 0 Å². The fraction of sp³-hybridized carbons (Fsp3) is 0.467. The summed E-state index contributed by atoms with van der Waals surface area (Å²) in [7, 11) is 2.05. The Kier molecular flexibility index (Phi) is 4.80. The summed E-state index contributed by atoms with van der Waals surface area (Å²) in [5.41, 5.74) is 1.26. The van der Waals surface area contributed by atoms with E-state index in [1.165, 1.54) is 18.9 Å². The molecule has 1 aliphatic carbocycles. The highest BCUT2D eigenvalue weighted by molar-refractivity contribution is 5.95. The van der Waals surface area contributed by atoms with Gasteiger partial charge in [0.05, 0.1) is 5.56 Å². The maximum absolute atomic E-state index is 11.8. The number of amides is 2. The molecule has 1 aromatic rings. The molecule has 6 heteroatoms. The summed E-state index contributed by atoms with van der Waals surface area (Å²) in [6.07, 6.45) is 2.48. The van der Waals surface area contributed by atoms with Crippen molar-refractivity contribution >= 4 is 17.7 Å². The molecule has 6 nitrogen and oxygen atoms in total. The minimum absolute atomic E-state index is 0.196. The molecule has 0 heterocycles. The molecule has 1 saturated carbocycles. The van der Waals surface area contributed by atoms with E-state index in [0.717, 1.165) is 6.54 Å².